The molecule has 1 unspecified atom stereocenters. The van der Waals surface area contributed by atoms with Crippen molar-refractivity contribution in [3.63, 3.8) is 0 Å². The summed E-state index contributed by atoms with van der Waals surface area (Å²) in [6, 6.07) is 14.4. The molecule has 2 rings (SSSR count). The fourth-order valence-electron chi connectivity index (χ4n) is 2.45. The van der Waals surface area contributed by atoms with Crippen LogP contribution < -0.4 is 5.32 Å². The van der Waals surface area contributed by atoms with Crippen molar-refractivity contribution >= 4 is 32.6 Å². The Labute approximate surface area is 135 Å². The third-order valence-corrected chi connectivity index (χ3v) is 4.44. The number of hydrogen-bond acceptors (Lipinski definition) is 1. The summed E-state index contributed by atoms with van der Waals surface area (Å²) in [5, 5.41) is 6.46. The Morgan fingerprint density at radius 1 is 1.19 bits per heavy atom. The maximum absolute atomic E-state index is 12.3. The van der Waals surface area contributed by atoms with E-state index in [2.05, 4.69) is 59.4 Å². The van der Waals surface area contributed by atoms with E-state index in [1.807, 2.05) is 18.2 Å². The Balaban J connectivity index is 2.07. The van der Waals surface area contributed by atoms with E-state index in [4.69, 9.17) is 0 Å². The Morgan fingerprint density at radius 2 is 1.90 bits per heavy atom. The van der Waals surface area contributed by atoms with Crippen molar-refractivity contribution < 1.29 is 4.79 Å². The van der Waals surface area contributed by atoms with E-state index in [1.165, 1.54) is 10.8 Å². The van der Waals surface area contributed by atoms with Crippen LogP contribution in [0.15, 0.2) is 42.5 Å². The first-order valence-electron chi connectivity index (χ1n) is 7.41. The average Bonchev–Trinajstić information content (AvgIpc) is 2.47. The zero-order chi connectivity index (χ0) is 15.3. The summed E-state index contributed by atoms with van der Waals surface area (Å²) in [7, 11) is 0. The van der Waals surface area contributed by atoms with Crippen molar-refractivity contribution in [3.8, 4) is 0 Å². The van der Waals surface area contributed by atoms with Gasteiger partial charge in [0.05, 0.1) is 6.42 Å². The molecule has 0 heterocycles. The molecule has 0 aliphatic rings. The number of fused-ring (bicyclic) bond motifs is 1. The summed E-state index contributed by atoms with van der Waals surface area (Å²) in [4.78, 5) is 12.3. The van der Waals surface area contributed by atoms with Crippen molar-refractivity contribution in [1.29, 1.82) is 0 Å². The standard InChI is InChI=1S/C18H22BrNO/c1-3-18(2,10-11-19)20-17(21)13-14-8-9-15-6-4-5-7-16(15)12-14/h4-9,12H,3,10-11,13H2,1-2H3,(H,20,21). The summed E-state index contributed by atoms with van der Waals surface area (Å²) in [5.74, 6) is 0.0931. The second kappa shape index (κ2) is 7.08. The Kier molecular flexibility index (Phi) is 5.40. The van der Waals surface area contributed by atoms with Crippen molar-refractivity contribution in [2.45, 2.75) is 38.6 Å². The molecule has 0 spiro atoms. The van der Waals surface area contributed by atoms with Crippen molar-refractivity contribution in [3.05, 3.63) is 48.0 Å². The fraction of sp³-hybridized carbons (Fsp3) is 0.389. The minimum atomic E-state index is -0.128. The highest BCUT2D eigenvalue weighted by molar-refractivity contribution is 9.09. The van der Waals surface area contributed by atoms with Gasteiger partial charge in [-0.25, -0.2) is 0 Å². The predicted molar refractivity (Wildman–Crippen MR) is 92.9 cm³/mol. The third kappa shape index (κ3) is 4.31. The van der Waals surface area contributed by atoms with Gasteiger partial charge in [0.15, 0.2) is 0 Å². The second-order valence-corrected chi connectivity index (χ2v) is 6.55. The Hall–Kier alpha value is -1.35. The molecule has 0 radical (unpaired) electrons. The fourth-order valence-corrected chi connectivity index (χ4v) is 3.33. The van der Waals surface area contributed by atoms with Crippen molar-refractivity contribution in [2.24, 2.45) is 0 Å². The lowest BCUT2D eigenvalue weighted by atomic mass is 9.95. The van der Waals surface area contributed by atoms with Gasteiger partial charge < -0.3 is 5.32 Å². The van der Waals surface area contributed by atoms with Crippen LogP contribution in [0.2, 0.25) is 0 Å². The molecule has 112 valence electrons. The molecular formula is C18H22BrNO. The van der Waals surface area contributed by atoms with E-state index in [0.29, 0.717) is 6.42 Å². The minimum absolute atomic E-state index is 0.0931. The number of rotatable bonds is 6. The molecule has 0 fully saturated rings. The number of carbonyl (C=O) groups excluding carboxylic acids is 1. The van der Waals surface area contributed by atoms with Crippen LogP contribution in [-0.4, -0.2) is 16.8 Å². The number of alkyl halides is 1. The summed E-state index contributed by atoms with van der Waals surface area (Å²) in [5.41, 5.74) is 0.931. The van der Waals surface area contributed by atoms with E-state index in [1.54, 1.807) is 0 Å². The van der Waals surface area contributed by atoms with E-state index in [0.717, 1.165) is 23.7 Å². The van der Waals surface area contributed by atoms with Gasteiger partial charge in [-0.05, 0) is 36.1 Å². The predicted octanol–water partition coefficient (Wildman–Crippen LogP) is 4.45. The molecule has 0 bridgehead atoms. The van der Waals surface area contributed by atoms with Crippen molar-refractivity contribution in [1.82, 2.24) is 5.32 Å². The molecule has 1 amide bonds. The van der Waals surface area contributed by atoms with Gasteiger partial charge >= 0.3 is 0 Å². The molecule has 0 saturated heterocycles. The molecule has 0 saturated carbocycles. The summed E-state index contributed by atoms with van der Waals surface area (Å²) >= 11 is 3.46. The molecule has 1 atom stereocenters. The SMILES string of the molecule is CCC(C)(CCBr)NC(=O)Cc1ccc2ccccc2c1. The maximum atomic E-state index is 12.3. The zero-order valence-electron chi connectivity index (χ0n) is 12.7. The highest BCUT2D eigenvalue weighted by Crippen LogP contribution is 2.18. The zero-order valence-corrected chi connectivity index (χ0v) is 14.2. The van der Waals surface area contributed by atoms with Gasteiger partial charge in [-0.2, -0.15) is 0 Å². The molecule has 1 N–H and O–H groups in total. The van der Waals surface area contributed by atoms with E-state index >= 15 is 0 Å². The molecule has 21 heavy (non-hydrogen) atoms. The number of amides is 1. The molecule has 2 nitrogen and oxygen atoms in total. The summed E-state index contributed by atoms with van der Waals surface area (Å²) < 4.78 is 0. The molecular weight excluding hydrogens is 326 g/mol. The smallest absolute Gasteiger partial charge is 0.224 e. The second-order valence-electron chi connectivity index (χ2n) is 5.76. The third-order valence-electron chi connectivity index (χ3n) is 4.05. The molecule has 0 aliphatic carbocycles. The molecule has 0 aliphatic heterocycles. The summed E-state index contributed by atoms with van der Waals surface area (Å²) in [6.45, 7) is 4.21. The normalized spacial score (nSPS) is 13.9. The van der Waals surface area contributed by atoms with Gasteiger partial charge in [0, 0.05) is 10.9 Å². The van der Waals surface area contributed by atoms with Crippen LogP contribution in [0.25, 0.3) is 10.8 Å². The largest absolute Gasteiger partial charge is 0.351 e. The van der Waals surface area contributed by atoms with Crippen LogP contribution >= 0.6 is 15.9 Å². The topological polar surface area (TPSA) is 29.1 Å². The van der Waals surface area contributed by atoms with Crippen LogP contribution in [0.4, 0.5) is 0 Å². The number of halogens is 1. The number of hydrogen-bond donors (Lipinski definition) is 1. The quantitative estimate of drug-likeness (QED) is 0.768. The van der Waals surface area contributed by atoms with Gasteiger partial charge in [-0.15, -0.1) is 0 Å². The van der Waals surface area contributed by atoms with Crippen LogP contribution in [0.5, 0.6) is 0 Å². The van der Waals surface area contributed by atoms with Crippen LogP contribution in [0, 0.1) is 0 Å². The highest BCUT2D eigenvalue weighted by Gasteiger charge is 2.23. The van der Waals surface area contributed by atoms with Gasteiger partial charge in [-0.1, -0.05) is 65.3 Å². The lowest BCUT2D eigenvalue weighted by molar-refractivity contribution is -0.122. The lowest BCUT2D eigenvalue weighted by Crippen LogP contribution is -2.46. The van der Waals surface area contributed by atoms with Gasteiger partial charge in [-0.3, -0.25) is 4.79 Å². The molecule has 2 aromatic rings. The van der Waals surface area contributed by atoms with E-state index in [-0.39, 0.29) is 11.4 Å². The maximum Gasteiger partial charge on any atom is 0.224 e. The van der Waals surface area contributed by atoms with Gasteiger partial charge in [0.2, 0.25) is 5.91 Å². The number of benzene rings is 2. The number of carbonyl (C=O) groups is 1. The van der Waals surface area contributed by atoms with Crippen molar-refractivity contribution in [2.75, 3.05) is 5.33 Å². The van der Waals surface area contributed by atoms with Crippen LogP contribution in [-0.2, 0) is 11.2 Å². The monoisotopic (exact) mass is 347 g/mol. The molecule has 2 aromatic carbocycles. The number of nitrogens with one attached hydrogen (secondary N) is 1. The Morgan fingerprint density at radius 3 is 2.57 bits per heavy atom. The van der Waals surface area contributed by atoms with E-state index < -0.39 is 0 Å². The lowest BCUT2D eigenvalue weighted by Gasteiger charge is -2.29. The van der Waals surface area contributed by atoms with Gasteiger partial charge in [0.1, 0.15) is 0 Å². The van der Waals surface area contributed by atoms with Crippen LogP contribution in [0.1, 0.15) is 32.3 Å². The van der Waals surface area contributed by atoms with Gasteiger partial charge in [0.25, 0.3) is 0 Å². The molecule has 3 heteroatoms. The Bertz CT molecular complexity index is 625. The van der Waals surface area contributed by atoms with E-state index in [9.17, 15) is 4.79 Å². The summed E-state index contributed by atoms with van der Waals surface area (Å²) in [6.07, 6.45) is 2.30. The minimum Gasteiger partial charge on any atom is -0.351 e. The molecule has 0 aromatic heterocycles. The first-order chi connectivity index (χ1) is 10.1. The first-order valence-corrected chi connectivity index (χ1v) is 8.53. The first kappa shape index (κ1) is 16.0. The highest BCUT2D eigenvalue weighted by atomic mass is 79.9. The van der Waals surface area contributed by atoms with Crippen LogP contribution in [0.3, 0.4) is 0 Å². The average molecular weight is 348 g/mol.